The number of halogens is 1. The topological polar surface area (TPSA) is 93.7 Å². The van der Waals surface area contributed by atoms with Crippen LogP contribution in [0.4, 0.5) is 15.8 Å². The predicted molar refractivity (Wildman–Crippen MR) is 116 cm³/mol. The lowest BCUT2D eigenvalue weighted by molar-refractivity contribution is 0.102. The molecule has 0 aliphatic carbocycles. The molecule has 0 aliphatic heterocycles. The summed E-state index contributed by atoms with van der Waals surface area (Å²) in [6.07, 6.45) is 0. The Bertz CT molecular complexity index is 1180. The van der Waals surface area contributed by atoms with E-state index in [2.05, 4.69) is 10.0 Å². The predicted octanol–water partition coefficient (Wildman–Crippen LogP) is 4.29. The van der Waals surface area contributed by atoms with Crippen molar-refractivity contribution in [2.75, 3.05) is 23.8 Å². The Balaban J connectivity index is 1.76. The molecule has 162 valence electrons. The van der Waals surface area contributed by atoms with E-state index in [9.17, 15) is 17.6 Å². The smallest absolute Gasteiger partial charge is 0.261 e. The van der Waals surface area contributed by atoms with Crippen LogP contribution in [0.2, 0.25) is 0 Å². The van der Waals surface area contributed by atoms with Crippen LogP contribution in [0.3, 0.4) is 0 Å². The highest BCUT2D eigenvalue weighted by Crippen LogP contribution is 2.23. The van der Waals surface area contributed by atoms with Crippen molar-refractivity contribution in [2.45, 2.75) is 11.8 Å². The van der Waals surface area contributed by atoms with Crippen LogP contribution in [0.5, 0.6) is 11.5 Å². The summed E-state index contributed by atoms with van der Waals surface area (Å²) in [4.78, 5) is 12.4. The van der Waals surface area contributed by atoms with E-state index in [0.29, 0.717) is 18.0 Å². The van der Waals surface area contributed by atoms with E-state index in [-0.39, 0.29) is 21.9 Å². The zero-order valence-electron chi connectivity index (χ0n) is 16.9. The molecule has 3 rings (SSSR count). The number of ether oxygens (including phenoxy) is 2. The molecule has 3 aromatic carbocycles. The van der Waals surface area contributed by atoms with Gasteiger partial charge in [0.15, 0.2) is 11.6 Å². The molecule has 31 heavy (non-hydrogen) atoms. The largest absolute Gasteiger partial charge is 0.494 e. The lowest BCUT2D eigenvalue weighted by Gasteiger charge is -2.11. The first-order valence-electron chi connectivity index (χ1n) is 9.33. The number of methoxy groups -OCH3 is 1. The van der Waals surface area contributed by atoms with Crippen LogP contribution in [0.15, 0.2) is 71.6 Å². The fourth-order valence-electron chi connectivity index (χ4n) is 2.75. The molecule has 3 aromatic rings. The standard InChI is InChI=1S/C22H21FN2O5S/c1-3-30-18-10-7-16(8-11-18)25-31(27,28)19-6-4-5-15(13-19)22(26)24-17-9-12-21(29-2)20(23)14-17/h4-14,25H,3H2,1-2H3,(H,24,26). The van der Waals surface area contributed by atoms with E-state index >= 15 is 0 Å². The van der Waals surface area contributed by atoms with Crippen LogP contribution >= 0.6 is 0 Å². The highest BCUT2D eigenvalue weighted by atomic mass is 32.2. The van der Waals surface area contributed by atoms with Gasteiger partial charge >= 0.3 is 0 Å². The van der Waals surface area contributed by atoms with Crippen molar-refractivity contribution in [1.29, 1.82) is 0 Å². The molecule has 1 amide bonds. The van der Waals surface area contributed by atoms with Gasteiger partial charge < -0.3 is 14.8 Å². The van der Waals surface area contributed by atoms with Crippen molar-refractivity contribution in [3.63, 3.8) is 0 Å². The van der Waals surface area contributed by atoms with Gasteiger partial charge in [-0.05, 0) is 61.5 Å². The third-order valence-electron chi connectivity index (χ3n) is 4.23. The minimum absolute atomic E-state index is 0.0476. The van der Waals surface area contributed by atoms with E-state index in [1.807, 2.05) is 6.92 Å². The second-order valence-corrected chi connectivity index (χ2v) is 8.08. The summed E-state index contributed by atoms with van der Waals surface area (Å²) in [5.41, 5.74) is 0.668. The second-order valence-electron chi connectivity index (χ2n) is 6.39. The van der Waals surface area contributed by atoms with Crippen molar-refractivity contribution < 1.29 is 27.1 Å². The minimum atomic E-state index is -3.93. The number of hydrogen-bond donors (Lipinski definition) is 2. The molecule has 0 spiro atoms. The third-order valence-corrected chi connectivity index (χ3v) is 5.61. The molecule has 9 heteroatoms. The minimum Gasteiger partial charge on any atom is -0.494 e. The molecule has 2 N–H and O–H groups in total. The van der Waals surface area contributed by atoms with E-state index in [1.165, 1.54) is 43.5 Å². The summed E-state index contributed by atoms with van der Waals surface area (Å²) < 4.78 is 51.9. The van der Waals surface area contributed by atoms with Gasteiger partial charge in [-0.15, -0.1) is 0 Å². The first-order valence-corrected chi connectivity index (χ1v) is 10.8. The molecule has 0 saturated carbocycles. The Hall–Kier alpha value is -3.59. The Morgan fingerprint density at radius 2 is 1.71 bits per heavy atom. The van der Waals surface area contributed by atoms with E-state index < -0.39 is 21.7 Å². The third kappa shape index (κ3) is 5.52. The first-order chi connectivity index (χ1) is 14.8. The number of benzene rings is 3. The number of amides is 1. The van der Waals surface area contributed by atoms with Crippen LogP contribution < -0.4 is 19.5 Å². The number of sulfonamides is 1. The summed E-state index contributed by atoms with van der Waals surface area (Å²) in [5.74, 6) is -0.538. The van der Waals surface area contributed by atoms with Gasteiger partial charge in [0.1, 0.15) is 5.75 Å². The summed E-state index contributed by atoms with van der Waals surface area (Å²) >= 11 is 0. The van der Waals surface area contributed by atoms with Crippen LogP contribution in [-0.2, 0) is 10.0 Å². The lowest BCUT2D eigenvalue weighted by atomic mass is 10.2. The Morgan fingerprint density at radius 1 is 1.00 bits per heavy atom. The average molecular weight is 444 g/mol. The summed E-state index contributed by atoms with van der Waals surface area (Å²) in [7, 11) is -2.59. The average Bonchev–Trinajstić information content (AvgIpc) is 2.75. The van der Waals surface area contributed by atoms with Gasteiger partial charge in [0.2, 0.25) is 0 Å². The fourth-order valence-corrected chi connectivity index (χ4v) is 3.86. The number of hydrogen-bond acceptors (Lipinski definition) is 5. The molecule has 0 aliphatic rings. The van der Waals surface area contributed by atoms with Gasteiger partial charge in [0.25, 0.3) is 15.9 Å². The Morgan fingerprint density at radius 3 is 2.35 bits per heavy atom. The maximum absolute atomic E-state index is 13.8. The maximum Gasteiger partial charge on any atom is 0.261 e. The van der Waals surface area contributed by atoms with E-state index in [1.54, 1.807) is 24.3 Å². The molecule has 0 unspecified atom stereocenters. The zero-order valence-corrected chi connectivity index (χ0v) is 17.7. The van der Waals surface area contributed by atoms with Crippen molar-refractivity contribution in [2.24, 2.45) is 0 Å². The van der Waals surface area contributed by atoms with Gasteiger partial charge in [-0.1, -0.05) is 6.07 Å². The van der Waals surface area contributed by atoms with Crippen molar-refractivity contribution in [3.05, 3.63) is 78.1 Å². The second kappa shape index (κ2) is 9.48. The molecular formula is C22H21FN2O5S. The molecule has 0 bridgehead atoms. The van der Waals surface area contributed by atoms with Gasteiger partial charge in [0, 0.05) is 23.0 Å². The van der Waals surface area contributed by atoms with Crippen LogP contribution in [0, 0.1) is 5.82 Å². The molecule has 0 fully saturated rings. The molecule has 0 aromatic heterocycles. The van der Waals surface area contributed by atoms with Crippen molar-refractivity contribution >= 4 is 27.3 Å². The SMILES string of the molecule is CCOc1ccc(NS(=O)(=O)c2cccc(C(=O)Nc3ccc(OC)c(F)c3)c2)cc1. The summed E-state index contributed by atoms with van der Waals surface area (Å²) in [6, 6.07) is 16.0. The first kappa shape index (κ1) is 22.1. The quantitative estimate of drug-likeness (QED) is 0.541. The number of carbonyl (C=O) groups excluding carboxylic acids is 1. The van der Waals surface area contributed by atoms with Crippen LogP contribution in [0.1, 0.15) is 17.3 Å². The van der Waals surface area contributed by atoms with Crippen molar-refractivity contribution in [1.82, 2.24) is 0 Å². The number of nitrogens with one attached hydrogen (secondary N) is 2. The van der Waals surface area contributed by atoms with Gasteiger partial charge in [-0.3, -0.25) is 9.52 Å². The van der Waals surface area contributed by atoms with E-state index in [0.717, 1.165) is 6.07 Å². The highest BCUT2D eigenvalue weighted by molar-refractivity contribution is 7.92. The fraction of sp³-hybridized carbons (Fsp3) is 0.136. The summed E-state index contributed by atoms with van der Waals surface area (Å²) in [6.45, 7) is 2.36. The van der Waals surface area contributed by atoms with Crippen molar-refractivity contribution in [3.8, 4) is 11.5 Å². The number of rotatable bonds is 8. The van der Waals surface area contributed by atoms with Gasteiger partial charge in [0.05, 0.1) is 18.6 Å². The Labute approximate surface area is 179 Å². The molecule has 0 heterocycles. The summed E-state index contributed by atoms with van der Waals surface area (Å²) in [5, 5.41) is 2.53. The lowest BCUT2D eigenvalue weighted by Crippen LogP contribution is -2.16. The van der Waals surface area contributed by atoms with Crippen LogP contribution in [0.25, 0.3) is 0 Å². The number of anilines is 2. The van der Waals surface area contributed by atoms with Gasteiger partial charge in [-0.25, -0.2) is 12.8 Å². The maximum atomic E-state index is 13.8. The monoisotopic (exact) mass is 444 g/mol. The molecule has 0 atom stereocenters. The highest BCUT2D eigenvalue weighted by Gasteiger charge is 2.17. The van der Waals surface area contributed by atoms with Gasteiger partial charge in [-0.2, -0.15) is 0 Å². The normalized spacial score (nSPS) is 10.9. The molecule has 0 radical (unpaired) electrons. The molecular weight excluding hydrogens is 423 g/mol. The zero-order chi connectivity index (χ0) is 22.4. The molecule has 0 saturated heterocycles. The van der Waals surface area contributed by atoms with Crippen LogP contribution in [-0.4, -0.2) is 28.0 Å². The number of carbonyl (C=O) groups is 1. The molecule has 7 nitrogen and oxygen atoms in total. The van der Waals surface area contributed by atoms with E-state index in [4.69, 9.17) is 9.47 Å². The Kier molecular flexibility index (Phi) is 6.76.